The normalized spacial score (nSPS) is 22.0. The number of hydrogen-bond donors (Lipinski definition) is 2. The monoisotopic (exact) mass is 499 g/mol. The van der Waals surface area contributed by atoms with Crippen molar-refractivity contribution in [1.82, 2.24) is 19.7 Å². The quantitative estimate of drug-likeness (QED) is 0.316. The summed E-state index contributed by atoms with van der Waals surface area (Å²) in [7, 11) is -1.60. The Balaban J connectivity index is 1.19. The van der Waals surface area contributed by atoms with Gasteiger partial charge in [0, 0.05) is 0 Å². The molecular formula is C24H30N5O5P. The van der Waals surface area contributed by atoms with E-state index in [4.69, 9.17) is 24.3 Å². The van der Waals surface area contributed by atoms with E-state index in [-0.39, 0.29) is 24.3 Å². The molecule has 3 N–H and O–H groups in total. The van der Waals surface area contributed by atoms with Crippen molar-refractivity contribution in [3.05, 3.63) is 54.5 Å². The molecule has 1 aliphatic heterocycles. The van der Waals surface area contributed by atoms with Gasteiger partial charge in [0.1, 0.15) is 35.8 Å². The zero-order chi connectivity index (χ0) is 24.2. The van der Waals surface area contributed by atoms with E-state index in [2.05, 4.69) is 15.2 Å². The summed E-state index contributed by atoms with van der Waals surface area (Å²) in [6.45, 7) is 2.09. The Bertz CT molecular complexity index is 1140. The molecule has 4 unspecified atom stereocenters. The van der Waals surface area contributed by atoms with Crippen LogP contribution in [-0.4, -0.2) is 45.4 Å². The van der Waals surface area contributed by atoms with Gasteiger partial charge in [0.05, 0.1) is 18.4 Å². The lowest BCUT2D eigenvalue weighted by Gasteiger charge is -2.28. The molecule has 1 saturated heterocycles. The van der Waals surface area contributed by atoms with Gasteiger partial charge in [-0.3, -0.25) is 4.79 Å². The minimum absolute atomic E-state index is 0.0310. The maximum absolute atomic E-state index is 12.5. The number of anilines is 1. The van der Waals surface area contributed by atoms with Gasteiger partial charge < -0.3 is 24.3 Å². The number of carbonyl (C=O) groups is 1. The van der Waals surface area contributed by atoms with E-state index in [0.29, 0.717) is 18.2 Å². The van der Waals surface area contributed by atoms with Gasteiger partial charge in [-0.25, -0.2) is 14.6 Å². The topological polar surface area (TPSA) is 122 Å². The first-order valence-electron chi connectivity index (χ1n) is 11.9. The van der Waals surface area contributed by atoms with E-state index in [0.717, 1.165) is 43.3 Å². The highest BCUT2D eigenvalue weighted by Crippen LogP contribution is 2.39. The SMILES string of the molecule is CC(NP(OCC1CCC(c2ccc3c(N)ncnn23)O1)Oc1ccccc1)C(=O)OC1CCC1. The molecule has 11 heteroatoms. The largest absolute Gasteiger partial charge is 0.461 e. The predicted octanol–water partition coefficient (Wildman–Crippen LogP) is 3.93. The first-order valence-corrected chi connectivity index (χ1v) is 13.1. The van der Waals surface area contributed by atoms with Crippen LogP contribution < -0.4 is 15.3 Å². The molecule has 3 heterocycles. The van der Waals surface area contributed by atoms with Gasteiger partial charge in [-0.05, 0) is 63.3 Å². The maximum atomic E-state index is 12.5. The van der Waals surface area contributed by atoms with Gasteiger partial charge in [-0.2, -0.15) is 5.10 Å². The Labute approximate surface area is 205 Å². The summed E-state index contributed by atoms with van der Waals surface area (Å²) >= 11 is 0. The highest BCUT2D eigenvalue weighted by atomic mass is 31.2. The number of aromatic nitrogens is 3. The van der Waals surface area contributed by atoms with Crippen LogP contribution in [0.25, 0.3) is 5.52 Å². The summed E-state index contributed by atoms with van der Waals surface area (Å²) in [5.41, 5.74) is 7.65. The predicted molar refractivity (Wildman–Crippen MR) is 131 cm³/mol. The second kappa shape index (κ2) is 10.9. The average molecular weight is 500 g/mol. The molecule has 0 spiro atoms. The number of carbonyl (C=O) groups excluding carboxylic acids is 1. The number of fused-ring (bicyclic) bond motifs is 1. The summed E-state index contributed by atoms with van der Waals surface area (Å²) in [5, 5.41) is 7.48. The second-order valence-electron chi connectivity index (χ2n) is 8.82. The van der Waals surface area contributed by atoms with E-state index in [1.54, 1.807) is 11.4 Å². The van der Waals surface area contributed by atoms with Gasteiger partial charge >= 0.3 is 14.5 Å². The maximum Gasteiger partial charge on any atom is 0.323 e. The lowest BCUT2D eigenvalue weighted by molar-refractivity contribution is -0.154. The van der Waals surface area contributed by atoms with Crippen LogP contribution in [0.4, 0.5) is 5.82 Å². The van der Waals surface area contributed by atoms with E-state index < -0.39 is 14.6 Å². The molecule has 0 radical (unpaired) electrons. The molecule has 5 rings (SSSR count). The van der Waals surface area contributed by atoms with Crippen LogP contribution in [0.5, 0.6) is 5.75 Å². The first kappa shape index (κ1) is 23.9. The number of rotatable bonds is 10. The summed E-state index contributed by atoms with van der Waals surface area (Å²) in [5.74, 6) is 0.803. The number of nitrogens with zero attached hydrogens (tertiary/aromatic N) is 3. The highest BCUT2D eigenvalue weighted by Gasteiger charge is 2.32. The zero-order valence-corrected chi connectivity index (χ0v) is 20.5. The molecular weight excluding hydrogens is 469 g/mol. The van der Waals surface area contributed by atoms with Crippen molar-refractivity contribution >= 4 is 25.8 Å². The van der Waals surface area contributed by atoms with Crippen LogP contribution in [-0.2, 0) is 18.8 Å². The van der Waals surface area contributed by atoms with Crippen LogP contribution in [0.2, 0.25) is 0 Å². The molecule has 4 atom stereocenters. The Kier molecular flexibility index (Phi) is 7.43. The Morgan fingerprint density at radius 1 is 1.23 bits per heavy atom. The van der Waals surface area contributed by atoms with Crippen LogP contribution in [0.3, 0.4) is 0 Å². The van der Waals surface area contributed by atoms with Crippen LogP contribution in [0, 0.1) is 0 Å². The molecule has 35 heavy (non-hydrogen) atoms. The van der Waals surface area contributed by atoms with Crippen LogP contribution in [0.1, 0.15) is 50.8 Å². The van der Waals surface area contributed by atoms with E-state index in [1.165, 1.54) is 6.33 Å². The Morgan fingerprint density at radius 3 is 2.83 bits per heavy atom. The van der Waals surface area contributed by atoms with Gasteiger partial charge in [-0.15, -0.1) is 0 Å². The number of nitrogens with one attached hydrogen (secondary N) is 1. The van der Waals surface area contributed by atoms with Crippen molar-refractivity contribution in [3.8, 4) is 5.75 Å². The Hall–Kier alpha value is -2.78. The smallest absolute Gasteiger partial charge is 0.323 e. The van der Waals surface area contributed by atoms with Crippen molar-refractivity contribution in [2.24, 2.45) is 0 Å². The number of para-hydroxylation sites is 1. The third kappa shape index (κ3) is 5.73. The Morgan fingerprint density at radius 2 is 2.06 bits per heavy atom. The molecule has 2 aliphatic rings. The molecule has 2 aromatic heterocycles. The first-order chi connectivity index (χ1) is 17.1. The van der Waals surface area contributed by atoms with E-state index >= 15 is 0 Å². The van der Waals surface area contributed by atoms with Crippen molar-refractivity contribution in [2.45, 2.75) is 63.4 Å². The third-order valence-corrected chi connectivity index (χ3v) is 7.60. The van der Waals surface area contributed by atoms with E-state index in [9.17, 15) is 4.79 Å². The molecule has 0 bridgehead atoms. The lowest BCUT2D eigenvalue weighted by Crippen LogP contribution is -2.37. The molecule has 186 valence electrons. The van der Waals surface area contributed by atoms with Crippen LogP contribution >= 0.6 is 8.53 Å². The molecule has 1 aliphatic carbocycles. The van der Waals surface area contributed by atoms with Gasteiger partial charge in [-0.1, -0.05) is 18.2 Å². The number of nitrogen functional groups attached to an aromatic ring is 1. The van der Waals surface area contributed by atoms with Gasteiger partial charge in [0.2, 0.25) is 0 Å². The average Bonchev–Trinajstić information content (AvgIpc) is 3.48. The van der Waals surface area contributed by atoms with Crippen molar-refractivity contribution in [3.63, 3.8) is 0 Å². The summed E-state index contributed by atoms with van der Waals surface area (Å²) in [6.07, 6.45) is 5.86. The lowest BCUT2D eigenvalue weighted by atomic mass is 9.96. The fourth-order valence-electron chi connectivity index (χ4n) is 4.05. The number of ether oxygens (including phenoxy) is 2. The molecule has 0 amide bonds. The van der Waals surface area contributed by atoms with Crippen molar-refractivity contribution < 1.29 is 23.3 Å². The number of esters is 1. The molecule has 3 aromatic rings. The second-order valence-corrected chi connectivity index (χ2v) is 10.0. The highest BCUT2D eigenvalue weighted by molar-refractivity contribution is 7.45. The zero-order valence-electron chi connectivity index (χ0n) is 19.6. The van der Waals surface area contributed by atoms with E-state index in [1.807, 2.05) is 42.5 Å². The van der Waals surface area contributed by atoms with Crippen LogP contribution in [0.15, 0.2) is 48.8 Å². The minimum atomic E-state index is -1.60. The summed E-state index contributed by atoms with van der Waals surface area (Å²) < 4.78 is 25.7. The molecule has 1 saturated carbocycles. The van der Waals surface area contributed by atoms with Crippen molar-refractivity contribution in [2.75, 3.05) is 12.3 Å². The fourth-order valence-corrected chi connectivity index (χ4v) is 5.26. The molecule has 1 aromatic carbocycles. The minimum Gasteiger partial charge on any atom is -0.461 e. The standard InChI is InChI=1S/C24H30N5O5P/c1-16(24(30)33-17-8-5-9-17)28-35(34-18-6-3-2-4-7-18)31-14-19-10-13-22(32-19)20-11-12-21-23(25)26-15-27-29(20)21/h2-4,6-7,11-12,15-17,19,22,28H,5,8-10,13-14H2,1H3,(H2,25,26,27). The fraction of sp³-hybridized carbons (Fsp3) is 0.458. The summed E-state index contributed by atoms with van der Waals surface area (Å²) in [4.78, 5) is 16.5. The summed E-state index contributed by atoms with van der Waals surface area (Å²) in [6, 6.07) is 12.7. The van der Waals surface area contributed by atoms with Gasteiger partial charge in [0.15, 0.2) is 5.82 Å². The molecule has 10 nitrogen and oxygen atoms in total. The van der Waals surface area contributed by atoms with Gasteiger partial charge in [0.25, 0.3) is 0 Å². The number of benzene rings is 1. The molecule has 2 fully saturated rings. The third-order valence-electron chi connectivity index (χ3n) is 6.25. The van der Waals surface area contributed by atoms with Crippen molar-refractivity contribution in [1.29, 1.82) is 0 Å². The number of hydrogen-bond acceptors (Lipinski definition) is 9. The number of nitrogens with two attached hydrogens (primary N) is 1.